The minimum Gasteiger partial charge on any atom is -0.376 e. The van der Waals surface area contributed by atoms with Crippen LogP contribution in [-0.4, -0.2) is 25.5 Å². The zero-order chi connectivity index (χ0) is 15.2. The van der Waals surface area contributed by atoms with Gasteiger partial charge in [0.05, 0.1) is 6.54 Å². The van der Waals surface area contributed by atoms with Gasteiger partial charge in [0, 0.05) is 30.2 Å². The van der Waals surface area contributed by atoms with Gasteiger partial charge in [-0.05, 0) is 43.2 Å². The van der Waals surface area contributed by atoms with Crippen LogP contribution >= 0.6 is 24.8 Å². The van der Waals surface area contributed by atoms with E-state index in [0.29, 0.717) is 0 Å². The molecule has 1 aliphatic heterocycles. The maximum Gasteiger partial charge on any atom is 0.243 e. The summed E-state index contributed by atoms with van der Waals surface area (Å²) in [5, 5.41) is 6.06. The van der Waals surface area contributed by atoms with Gasteiger partial charge < -0.3 is 15.5 Å². The van der Waals surface area contributed by atoms with E-state index in [9.17, 15) is 4.79 Å². The van der Waals surface area contributed by atoms with E-state index in [0.717, 1.165) is 24.5 Å². The van der Waals surface area contributed by atoms with Crippen LogP contribution in [-0.2, 0) is 4.79 Å². The van der Waals surface area contributed by atoms with Crippen molar-refractivity contribution >= 4 is 47.8 Å². The minimum absolute atomic E-state index is 0. The summed E-state index contributed by atoms with van der Waals surface area (Å²) in [4.78, 5) is 14.4. The average Bonchev–Trinajstić information content (AvgIpc) is 3.09. The molecule has 1 aliphatic rings. The minimum atomic E-state index is -0.0394. The Bertz CT molecular complexity index is 631. The van der Waals surface area contributed by atoms with Crippen molar-refractivity contribution in [2.24, 2.45) is 0 Å². The Kier molecular flexibility index (Phi) is 8.44. The quantitative estimate of drug-likeness (QED) is 0.832. The summed E-state index contributed by atoms with van der Waals surface area (Å²) in [7, 11) is 0. The first-order valence-electron chi connectivity index (χ1n) is 7.75. The maximum absolute atomic E-state index is 12.0. The molecule has 2 N–H and O–H groups in total. The molecular formula is C18H23Cl2N3O. The van der Waals surface area contributed by atoms with Crippen molar-refractivity contribution in [3.8, 4) is 0 Å². The molecule has 2 aromatic carbocycles. The third-order valence-electron chi connectivity index (χ3n) is 3.83. The molecule has 1 saturated heterocycles. The Labute approximate surface area is 155 Å². The van der Waals surface area contributed by atoms with Gasteiger partial charge in [0.2, 0.25) is 5.91 Å². The Balaban J connectivity index is 0.00000144. The Morgan fingerprint density at radius 1 is 0.917 bits per heavy atom. The molecule has 2 aromatic rings. The van der Waals surface area contributed by atoms with Crippen molar-refractivity contribution in [2.75, 3.05) is 35.2 Å². The molecule has 4 nitrogen and oxygen atoms in total. The maximum atomic E-state index is 12.0. The van der Waals surface area contributed by atoms with Crippen LogP contribution in [0.15, 0.2) is 54.6 Å². The normalized spacial score (nSPS) is 12.8. The van der Waals surface area contributed by atoms with Gasteiger partial charge in [0.15, 0.2) is 0 Å². The number of benzene rings is 2. The smallest absolute Gasteiger partial charge is 0.243 e. The summed E-state index contributed by atoms with van der Waals surface area (Å²) in [6, 6.07) is 17.8. The summed E-state index contributed by atoms with van der Waals surface area (Å²) in [6.07, 6.45) is 2.50. The fourth-order valence-electron chi connectivity index (χ4n) is 2.70. The van der Waals surface area contributed by atoms with Crippen LogP contribution in [0.2, 0.25) is 0 Å². The van der Waals surface area contributed by atoms with Crippen molar-refractivity contribution in [3.05, 3.63) is 54.6 Å². The van der Waals surface area contributed by atoms with Crippen LogP contribution in [0.3, 0.4) is 0 Å². The second-order valence-corrected chi connectivity index (χ2v) is 5.51. The van der Waals surface area contributed by atoms with Crippen molar-refractivity contribution in [1.82, 2.24) is 0 Å². The van der Waals surface area contributed by atoms with Crippen LogP contribution in [0, 0.1) is 0 Å². The number of nitrogens with one attached hydrogen (secondary N) is 2. The number of para-hydroxylation sites is 1. The monoisotopic (exact) mass is 367 g/mol. The molecule has 0 bridgehead atoms. The molecular weight excluding hydrogens is 345 g/mol. The summed E-state index contributed by atoms with van der Waals surface area (Å²) < 4.78 is 0. The van der Waals surface area contributed by atoms with Crippen LogP contribution in [0.1, 0.15) is 12.8 Å². The van der Waals surface area contributed by atoms with Gasteiger partial charge in [-0.25, -0.2) is 0 Å². The largest absolute Gasteiger partial charge is 0.376 e. The fraction of sp³-hybridized carbons (Fsp3) is 0.278. The summed E-state index contributed by atoms with van der Waals surface area (Å²) in [6.45, 7) is 2.47. The highest BCUT2D eigenvalue weighted by Crippen LogP contribution is 2.23. The molecule has 0 aromatic heterocycles. The second-order valence-electron chi connectivity index (χ2n) is 5.51. The lowest BCUT2D eigenvalue weighted by molar-refractivity contribution is -0.114. The molecule has 130 valence electrons. The van der Waals surface area contributed by atoms with Crippen molar-refractivity contribution < 1.29 is 4.79 Å². The highest BCUT2D eigenvalue weighted by molar-refractivity contribution is 5.94. The molecule has 1 fully saturated rings. The Hall–Kier alpha value is -1.91. The lowest BCUT2D eigenvalue weighted by atomic mass is 10.2. The van der Waals surface area contributed by atoms with Gasteiger partial charge in [0.25, 0.3) is 0 Å². The predicted molar refractivity (Wildman–Crippen MR) is 106 cm³/mol. The zero-order valence-electron chi connectivity index (χ0n) is 13.4. The molecule has 0 aliphatic carbocycles. The summed E-state index contributed by atoms with van der Waals surface area (Å²) in [5.41, 5.74) is 2.99. The number of carbonyl (C=O) groups excluding carboxylic acids is 1. The van der Waals surface area contributed by atoms with E-state index in [1.165, 1.54) is 18.5 Å². The SMILES string of the molecule is Cl.Cl.O=C(CNc1ccccc1)Nc1cccc(N2CCCC2)c1. The first kappa shape index (κ1) is 20.1. The van der Waals surface area contributed by atoms with E-state index in [2.05, 4.69) is 21.6 Å². The lowest BCUT2D eigenvalue weighted by Crippen LogP contribution is -2.22. The van der Waals surface area contributed by atoms with E-state index < -0.39 is 0 Å². The van der Waals surface area contributed by atoms with Crippen molar-refractivity contribution in [1.29, 1.82) is 0 Å². The molecule has 0 unspecified atom stereocenters. The summed E-state index contributed by atoms with van der Waals surface area (Å²) >= 11 is 0. The first-order valence-corrected chi connectivity index (χ1v) is 7.75. The highest BCUT2D eigenvalue weighted by atomic mass is 35.5. The summed E-state index contributed by atoms with van der Waals surface area (Å²) in [5.74, 6) is -0.0394. The molecule has 3 rings (SSSR count). The number of hydrogen-bond acceptors (Lipinski definition) is 3. The topological polar surface area (TPSA) is 44.4 Å². The van der Waals surface area contributed by atoms with Gasteiger partial charge in [-0.1, -0.05) is 24.3 Å². The van der Waals surface area contributed by atoms with Crippen LogP contribution in [0.25, 0.3) is 0 Å². The lowest BCUT2D eigenvalue weighted by Gasteiger charge is -2.18. The van der Waals surface area contributed by atoms with Gasteiger partial charge in [-0.2, -0.15) is 0 Å². The van der Waals surface area contributed by atoms with E-state index in [-0.39, 0.29) is 37.3 Å². The van der Waals surface area contributed by atoms with Crippen molar-refractivity contribution in [2.45, 2.75) is 12.8 Å². The molecule has 6 heteroatoms. The molecule has 0 spiro atoms. The third kappa shape index (κ3) is 5.62. The zero-order valence-corrected chi connectivity index (χ0v) is 15.0. The number of rotatable bonds is 5. The van der Waals surface area contributed by atoms with E-state index in [1.807, 2.05) is 48.5 Å². The molecule has 1 heterocycles. The molecule has 1 amide bonds. The Morgan fingerprint density at radius 3 is 2.29 bits per heavy atom. The van der Waals surface area contributed by atoms with Gasteiger partial charge in [-0.3, -0.25) is 4.79 Å². The second kappa shape index (κ2) is 10.1. The third-order valence-corrected chi connectivity index (χ3v) is 3.83. The fourth-order valence-corrected chi connectivity index (χ4v) is 2.70. The van der Waals surface area contributed by atoms with Gasteiger partial charge in [0.1, 0.15) is 0 Å². The number of amides is 1. The van der Waals surface area contributed by atoms with E-state index in [1.54, 1.807) is 0 Å². The predicted octanol–water partition coefficient (Wildman–Crippen LogP) is 4.18. The average molecular weight is 368 g/mol. The number of anilines is 3. The van der Waals surface area contributed by atoms with Gasteiger partial charge in [-0.15, -0.1) is 24.8 Å². The molecule has 24 heavy (non-hydrogen) atoms. The molecule has 0 saturated carbocycles. The van der Waals surface area contributed by atoms with Crippen LogP contribution in [0.5, 0.6) is 0 Å². The van der Waals surface area contributed by atoms with Crippen LogP contribution < -0.4 is 15.5 Å². The first-order chi connectivity index (χ1) is 10.8. The molecule has 0 radical (unpaired) electrons. The number of carbonyl (C=O) groups is 1. The van der Waals surface area contributed by atoms with E-state index >= 15 is 0 Å². The van der Waals surface area contributed by atoms with E-state index in [4.69, 9.17) is 0 Å². The number of hydrogen-bond donors (Lipinski definition) is 2. The number of nitrogens with zero attached hydrogens (tertiary/aromatic N) is 1. The van der Waals surface area contributed by atoms with Gasteiger partial charge >= 0.3 is 0 Å². The van der Waals surface area contributed by atoms with Crippen LogP contribution in [0.4, 0.5) is 17.1 Å². The van der Waals surface area contributed by atoms with Crippen molar-refractivity contribution in [3.63, 3.8) is 0 Å². The number of halogens is 2. The standard InChI is InChI=1S/C18H21N3O.2ClH/c22-18(14-19-15-7-2-1-3-8-15)20-16-9-6-10-17(13-16)21-11-4-5-12-21;;/h1-3,6-10,13,19H,4-5,11-12,14H2,(H,20,22);2*1H. The highest BCUT2D eigenvalue weighted by Gasteiger charge is 2.12. The molecule has 0 atom stereocenters. The Morgan fingerprint density at radius 2 is 1.58 bits per heavy atom.